The molecule has 10 heteroatoms. The Hall–Kier alpha value is -2.98. The van der Waals surface area contributed by atoms with Gasteiger partial charge in [-0.1, -0.05) is 35.5 Å². The molecule has 2 aromatic rings. The highest BCUT2D eigenvalue weighted by Gasteiger charge is 2.29. The summed E-state index contributed by atoms with van der Waals surface area (Å²) in [5.41, 5.74) is 6.97. The van der Waals surface area contributed by atoms with E-state index >= 15 is 0 Å². The van der Waals surface area contributed by atoms with Gasteiger partial charge >= 0.3 is 6.09 Å². The Morgan fingerprint density at radius 1 is 1.36 bits per heavy atom. The predicted octanol–water partition coefficient (Wildman–Crippen LogP) is 2.51. The lowest BCUT2D eigenvalue weighted by Gasteiger charge is -2.24. The van der Waals surface area contributed by atoms with Crippen molar-refractivity contribution >= 4 is 12.0 Å². The fraction of sp³-hybridized carbons (Fsp3) is 0.522. The summed E-state index contributed by atoms with van der Waals surface area (Å²) < 4.78 is 29.5. The average molecular weight is 463 g/mol. The number of hydrogen-bond acceptors (Lipinski definition) is 7. The summed E-state index contributed by atoms with van der Waals surface area (Å²) in [6.45, 7) is 4.17. The van der Waals surface area contributed by atoms with E-state index < -0.39 is 23.8 Å². The van der Waals surface area contributed by atoms with Crippen molar-refractivity contribution in [2.24, 2.45) is 5.73 Å². The molecule has 1 aliphatic heterocycles. The molecule has 0 spiro atoms. The minimum absolute atomic E-state index is 0.0546. The number of alkyl halides is 1. The maximum absolute atomic E-state index is 13.3. The van der Waals surface area contributed by atoms with Crippen LogP contribution >= 0.6 is 0 Å². The van der Waals surface area contributed by atoms with E-state index in [-0.39, 0.29) is 25.7 Å². The van der Waals surface area contributed by atoms with Crippen LogP contribution in [0.2, 0.25) is 0 Å². The van der Waals surface area contributed by atoms with Gasteiger partial charge in [-0.05, 0) is 25.8 Å². The van der Waals surface area contributed by atoms with E-state index in [1.165, 1.54) is 11.2 Å². The van der Waals surface area contributed by atoms with Gasteiger partial charge in [0, 0.05) is 18.5 Å². The lowest BCUT2D eigenvalue weighted by Crippen LogP contribution is -2.50. The largest absolute Gasteiger partial charge is 0.449 e. The minimum atomic E-state index is -1.10. The van der Waals surface area contributed by atoms with Gasteiger partial charge in [-0.2, -0.15) is 0 Å². The van der Waals surface area contributed by atoms with E-state index in [9.17, 15) is 14.0 Å². The summed E-state index contributed by atoms with van der Waals surface area (Å²) in [6, 6.07) is 9.03. The minimum Gasteiger partial charge on any atom is -0.449 e. The van der Waals surface area contributed by atoms with Gasteiger partial charge in [0.15, 0.2) is 0 Å². The summed E-state index contributed by atoms with van der Waals surface area (Å²) in [4.78, 5) is 26.0. The molecule has 1 aromatic heterocycles. The zero-order chi connectivity index (χ0) is 23.8. The molecule has 0 bridgehead atoms. The van der Waals surface area contributed by atoms with Crippen LogP contribution in [0, 0.1) is 0 Å². The fourth-order valence-electron chi connectivity index (χ4n) is 3.37. The first-order valence-corrected chi connectivity index (χ1v) is 10.9. The van der Waals surface area contributed by atoms with E-state index in [4.69, 9.17) is 19.7 Å². The average Bonchev–Trinajstić information content (AvgIpc) is 3.42. The lowest BCUT2D eigenvalue weighted by molar-refractivity contribution is -0.126. The molecular weight excluding hydrogens is 431 g/mol. The van der Waals surface area contributed by atoms with Crippen LogP contribution in [-0.2, 0) is 27.3 Å². The number of benzene rings is 1. The maximum Gasteiger partial charge on any atom is 0.409 e. The topological polar surface area (TPSA) is 120 Å². The predicted molar refractivity (Wildman–Crippen MR) is 118 cm³/mol. The Morgan fingerprint density at radius 3 is 2.79 bits per heavy atom. The van der Waals surface area contributed by atoms with Crippen LogP contribution in [0.15, 0.2) is 41.1 Å². The molecule has 2 heterocycles. The molecule has 1 fully saturated rings. The van der Waals surface area contributed by atoms with Crippen molar-refractivity contribution in [3.05, 3.63) is 53.4 Å². The number of nitrogens with two attached hydrogens (primary N) is 1. The molecule has 1 aliphatic rings. The van der Waals surface area contributed by atoms with Crippen LogP contribution < -0.4 is 11.1 Å². The third-order valence-corrected chi connectivity index (χ3v) is 5.28. The second-order valence-electron chi connectivity index (χ2n) is 8.67. The standard InChI is InChI=1S/C23H31FN4O5/c1-23(2,25)21(29)26-19(15-31-13-16-6-4-3-5-7-16)20-17(14-33-27-20)9-11-32-22(30)28-10-8-18(24)12-28/h3-7,14,18-19H,8-13,15,25H2,1-2H3,(H,26,29)/t18?,19-/m1/s1. The van der Waals surface area contributed by atoms with Crippen LogP contribution in [0.25, 0.3) is 0 Å². The maximum atomic E-state index is 13.3. The number of rotatable bonds is 10. The number of halogens is 1. The number of aromatic nitrogens is 1. The molecule has 0 saturated carbocycles. The molecule has 9 nitrogen and oxygen atoms in total. The second-order valence-corrected chi connectivity index (χ2v) is 8.67. The van der Waals surface area contributed by atoms with Crippen molar-refractivity contribution in [2.75, 3.05) is 26.3 Å². The molecule has 1 saturated heterocycles. The van der Waals surface area contributed by atoms with Gasteiger partial charge in [-0.3, -0.25) is 4.79 Å². The number of nitrogens with zero attached hydrogens (tertiary/aromatic N) is 2. The van der Waals surface area contributed by atoms with Crippen molar-refractivity contribution in [2.45, 2.75) is 51.0 Å². The van der Waals surface area contributed by atoms with Gasteiger partial charge in [-0.25, -0.2) is 9.18 Å². The normalized spacial score (nSPS) is 17.1. The van der Waals surface area contributed by atoms with Crippen molar-refractivity contribution in [1.82, 2.24) is 15.4 Å². The third-order valence-electron chi connectivity index (χ3n) is 5.28. The van der Waals surface area contributed by atoms with Crippen molar-refractivity contribution in [3.63, 3.8) is 0 Å². The van der Waals surface area contributed by atoms with Crippen LogP contribution in [0.3, 0.4) is 0 Å². The molecule has 3 N–H and O–H groups in total. The van der Waals surface area contributed by atoms with Gasteiger partial charge in [0.1, 0.15) is 18.1 Å². The Bertz CT molecular complexity index is 915. The Labute approximate surface area is 192 Å². The Balaban J connectivity index is 1.61. The van der Waals surface area contributed by atoms with E-state index in [0.29, 0.717) is 37.3 Å². The van der Waals surface area contributed by atoms with Crippen molar-refractivity contribution in [3.8, 4) is 0 Å². The first-order valence-electron chi connectivity index (χ1n) is 10.9. The van der Waals surface area contributed by atoms with Crippen LogP contribution in [-0.4, -0.2) is 60.1 Å². The fourth-order valence-corrected chi connectivity index (χ4v) is 3.37. The van der Waals surface area contributed by atoms with Gasteiger partial charge in [0.2, 0.25) is 5.91 Å². The summed E-state index contributed by atoms with van der Waals surface area (Å²) in [5, 5.41) is 6.92. The molecule has 2 atom stereocenters. The van der Waals surface area contributed by atoms with Gasteiger partial charge in [-0.15, -0.1) is 0 Å². The number of ether oxygens (including phenoxy) is 2. The molecule has 1 unspecified atom stereocenters. The summed E-state index contributed by atoms with van der Waals surface area (Å²) >= 11 is 0. The number of carbonyl (C=O) groups excluding carboxylic acids is 2. The van der Waals surface area contributed by atoms with E-state index in [1.807, 2.05) is 30.3 Å². The van der Waals surface area contributed by atoms with Crippen molar-refractivity contribution in [1.29, 1.82) is 0 Å². The number of carbonyl (C=O) groups is 2. The zero-order valence-corrected chi connectivity index (χ0v) is 19.0. The smallest absolute Gasteiger partial charge is 0.409 e. The first kappa shape index (κ1) is 24.7. The number of hydrogen-bond donors (Lipinski definition) is 2. The molecule has 180 valence electrons. The molecule has 2 amide bonds. The van der Waals surface area contributed by atoms with Crippen LogP contribution in [0.1, 0.15) is 43.1 Å². The number of likely N-dealkylation sites (tertiary alicyclic amines) is 1. The quantitative estimate of drug-likeness (QED) is 0.557. The highest BCUT2D eigenvalue weighted by Crippen LogP contribution is 2.20. The third kappa shape index (κ3) is 7.26. The molecule has 3 rings (SSSR count). The first-order chi connectivity index (χ1) is 15.7. The highest BCUT2D eigenvalue weighted by atomic mass is 19.1. The SMILES string of the molecule is CC(C)(N)C(=O)N[C@H](COCc1ccccc1)c1nocc1CCOC(=O)N1CCC(F)C1. The van der Waals surface area contributed by atoms with Gasteiger partial charge in [0.05, 0.1) is 37.9 Å². The second kappa shape index (κ2) is 11.2. The number of nitrogens with one attached hydrogen (secondary N) is 1. The Morgan fingerprint density at radius 2 is 2.12 bits per heavy atom. The highest BCUT2D eigenvalue weighted by molar-refractivity contribution is 5.85. The molecule has 0 aliphatic carbocycles. The lowest BCUT2D eigenvalue weighted by atomic mass is 10.0. The molecular formula is C23H31FN4O5. The molecule has 33 heavy (non-hydrogen) atoms. The summed E-state index contributed by atoms with van der Waals surface area (Å²) in [6.07, 6.45) is 0.533. The molecule has 0 radical (unpaired) electrons. The monoisotopic (exact) mass is 462 g/mol. The summed E-state index contributed by atoms with van der Waals surface area (Å²) in [5.74, 6) is -0.369. The Kier molecular flexibility index (Phi) is 8.40. The van der Waals surface area contributed by atoms with E-state index in [2.05, 4.69) is 10.5 Å². The van der Waals surface area contributed by atoms with Crippen LogP contribution in [0.5, 0.6) is 0 Å². The zero-order valence-electron chi connectivity index (χ0n) is 19.0. The van der Waals surface area contributed by atoms with E-state index in [1.54, 1.807) is 13.8 Å². The van der Waals surface area contributed by atoms with Crippen LogP contribution in [0.4, 0.5) is 9.18 Å². The van der Waals surface area contributed by atoms with Crippen molar-refractivity contribution < 1.29 is 28.0 Å². The van der Waals surface area contributed by atoms with Gasteiger partial charge in [0.25, 0.3) is 0 Å². The van der Waals surface area contributed by atoms with Gasteiger partial charge < -0.3 is 29.9 Å². The summed E-state index contributed by atoms with van der Waals surface area (Å²) in [7, 11) is 0. The molecule has 1 aromatic carbocycles. The number of amides is 2. The van der Waals surface area contributed by atoms with E-state index in [0.717, 1.165) is 5.56 Å².